The number of rotatable bonds is 2. The smallest absolute Gasteiger partial charge is 0.236 e. The van der Waals surface area contributed by atoms with E-state index in [1.54, 1.807) is 6.08 Å². The van der Waals surface area contributed by atoms with Crippen LogP contribution in [0.4, 0.5) is 0 Å². The minimum absolute atomic E-state index is 0.0857. The SMILES string of the molecule is [B][C@@]1(CC=C)NC1=O. The summed E-state index contributed by atoms with van der Waals surface area (Å²) in [4.78, 5) is 10.3. The van der Waals surface area contributed by atoms with E-state index in [1.165, 1.54) is 0 Å². The van der Waals surface area contributed by atoms with Gasteiger partial charge in [-0.05, 0) is 6.42 Å². The van der Waals surface area contributed by atoms with Crippen molar-refractivity contribution in [3.05, 3.63) is 12.7 Å². The first-order valence-electron chi connectivity index (χ1n) is 2.41. The summed E-state index contributed by atoms with van der Waals surface area (Å²) in [7, 11) is 5.37. The number of hydrogen-bond donors (Lipinski definition) is 1. The summed E-state index contributed by atoms with van der Waals surface area (Å²) in [6, 6.07) is 0. The van der Waals surface area contributed by atoms with Crippen molar-refractivity contribution in [1.82, 2.24) is 5.32 Å². The zero-order valence-electron chi connectivity index (χ0n) is 4.48. The average molecular weight is 107 g/mol. The maximum atomic E-state index is 10.3. The maximum absolute atomic E-state index is 10.3. The molecule has 3 heteroatoms. The van der Waals surface area contributed by atoms with E-state index in [0.717, 1.165) is 0 Å². The Balaban J connectivity index is 2.46. The molecule has 1 heterocycles. The minimum Gasteiger partial charge on any atom is -0.348 e. The number of carbonyl (C=O) groups is 1. The summed E-state index contributed by atoms with van der Waals surface area (Å²) in [5.74, 6) is -0.0857. The summed E-state index contributed by atoms with van der Waals surface area (Å²) in [5.41, 5.74) is -0.748. The third-order valence-corrected chi connectivity index (χ3v) is 1.15. The summed E-state index contributed by atoms with van der Waals surface area (Å²) >= 11 is 0. The Hall–Kier alpha value is -0.725. The summed E-state index contributed by atoms with van der Waals surface area (Å²) in [6.07, 6.45) is 2.14. The van der Waals surface area contributed by atoms with Gasteiger partial charge in [-0.15, -0.1) is 6.58 Å². The molecule has 0 aromatic rings. The van der Waals surface area contributed by atoms with E-state index in [9.17, 15) is 4.79 Å². The second-order valence-electron chi connectivity index (χ2n) is 1.92. The topological polar surface area (TPSA) is 39.0 Å². The van der Waals surface area contributed by atoms with E-state index >= 15 is 0 Å². The molecule has 0 spiro atoms. The van der Waals surface area contributed by atoms with Gasteiger partial charge >= 0.3 is 0 Å². The van der Waals surface area contributed by atoms with E-state index in [2.05, 4.69) is 11.9 Å². The molecule has 1 rings (SSSR count). The van der Waals surface area contributed by atoms with Gasteiger partial charge in [-0.3, -0.25) is 4.79 Å². The van der Waals surface area contributed by atoms with Crippen LogP contribution in [0.1, 0.15) is 6.42 Å². The van der Waals surface area contributed by atoms with Crippen molar-refractivity contribution in [2.75, 3.05) is 0 Å². The molecule has 1 amide bonds. The third-order valence-electron chi connectivity index (χ3n) is 1.15. The lowest BCUT2D eigenvalue weighted by Crippen LogP contribution is -2.13. The predicted molar refractivity (Wildman–Crippen MR) is 31.4 cm³/mol. The fourth-order valence-electron chi connectivity index (χ4n) is 0.543. The van der Waals surface area contributed by atoms with Crippen LogP contribution >= 0.6 is 0 Å². The fraction of sp³-hybridized carbons (Fsp3) is 0.400. The van der Waals surface area contributed by atoms with Crippen molar-refractivity contribution in [1.29, 1.82) is 0 Å². The molecule has 8 heavy (non-hydrogen) atoms. The highest BCUT2D eigenvalue weighted by Crippen LogP contribution is 2.18. The molecule has 40 valence electrons. The highest BCUT2D eigenvalue weighted by Gasteiger charge is 2.46. The van der Waals surface area contributed by atoms with Gasteiger partial charge in [0.15, 0.2) is 0 Å². The molecule has 1 aliphatic rings. The van der Waals surface area contributed by atoms with Crippen molar-refractivity contribution in [3.8, 4) is 0 Å². The van der Waals surface area contributed by atoms with Crippen LogP contribution in [0.25, 0.3) is 0 Å². The molecule has 1 fully saturated rings. The van der Waals surface area contributed by atoms with Gasteiger partial charge in [0.05, 0.1) is 5.44 Å². The molecule has 1 saturated heterocycles. The van der Waals surface area contributed by atoms with Crippen molar-refractivity contribution in [3.63, 3.8) is 0 Å². The molecule has 1 aliphatic heterocycles. The van der Waals surface area contributed by atoms with Gasteiger partial charge in [0.1, 0.15) is 7.85 Å². The van der Waals surface area contributed by atoms with Crippen LogP contribution in [0.15, 0.2) is 12.7 Å². The molecular weight excluding hydrogens is 101 g/mol. The fourth-order valence-corrected chi connectivity index (χ4v) is 0.543. The molecule has 1 atom stereocenters. The molecule has 0 aromatic heterocycles. The van der Waals surface area contributed by atoms with Crippen LogP contribution in [-0.4, -0.2) is 19.2 Å². The first kappa shape index (κ1) is 5.41. The highest BCUT2D eigenvalue weighted by molar-refractivity contribution is 6.37. The second kappa shape index (κ2) is 1.37. The van der Waals surface area contributed by atoms with E-state index in [-0.39, 0.29) is 5.91 Å². The maximum Gasteiger partial charge on any atom is 0.236 e. The third kappa shape index (κ3) is 0.640. The number of carbonyl (C=O) groups excluding carboxylic acids is 1. The first-order valence-corrected chi connectivity index (χ1v) is 2.41. The first-order chi connectivity index (χ1) is 3.69. The Morgan fingerprint density at radius 3 is 2.62 bits per heavy atom. The zero-order valence-corrected chi connectivity index (χ0v) is 4.48. The van der Waals surface area contributed by atoms with Gasteiger partial charge in [-0.1, -0.05) is 6.08 Å². The van der Waals surface area contributed by atoms with Gasteiger partial charge in [0, 0.05) is 0 Å². The molecule has 0 aromatic carbocycles. The van der Waals surface area contributed by atoms with Gasteiger partial charge in [0.25, 0.3) is 0 Å². The highest BCUT2D eigenvalue weighted by atomic mass is 16.2. The molecule has 0 bridgehead atoms. The normalized spacial score (nSPS) is 33.8. The Morgan fingerprint density at radius 2 is 2.50 bits per heavy atom. The monoisotopic (exact) mass is 107 g/mol. The average Bonchev–Trinajstić information content (AvgIpc) is 2.16. The number of nitrogens with one attached hydrogen (secondary N) is 1. The van der Waals surface area contributed by atoms with E-state index in [0.29, 0.717) is 6.42 Å². The molecule has 0 aliphatic carbocycles. The largest absolute Gasteiger partial charge is 0.348 e. The Morgan fingerprint density at radius 1 is 2.00 bits per heavy atom. The van der Waals surface area contributed by atoms with Crippen molar-refractivity contribution >= 4 is 13.8 Å². The minimum atomic E-state index is -0.748. The van der Waals surface area contributed by atoms with Crippen LogP contribution in [0.2, 0.25) is 0 Å². The predicted octanol–water partition coefficient (Wildman–Crippen LogP) is -0.443. The molecular formula is C5H6BNO. The van der Waals surface area contributed by atoms with Crippen LogP contribution < -0.4 is 5.32 Å². The van der Waals surface area contributed by atoms with Crippen LogP contribution in [-0.2, 0) is 4.79 Å². The van der Waals surface area contributed by atoms with Gasteiger partial charge < -0.3 is 5.32 Å². The molecule has 0 saturated carbocycles. The molecule has 0 unspecified atom stereocenters. The van der Waals surface area contributed by atoms with E-state index in [1.807, 2.05) is 0 Å². The van der Waals surface area contributed by atoms with Crippen LogP contribution in [0, 0.1) is 0 Å². The lowest BCUT2D eigenvalue weighted by Gasteiger charge is -1.93. The Kier molecular flexibility index (Phi) is 0.929. The summed E-state index contributed by atoms with van der Waals surface area (Å²) < 4.78 is 0. The standard InChI is InChI=1S/C5H6BNO/c1-2-3-5(6)4(8)7-5/h2H,1,3H2,(H,7,8)/t5-/m0/s1. The summed E-state index contributed by atoms with van der Waals surface area (Å²) in [5, 5.41) is 2.48. The zero-order chi connectivity index (χ0) is 6.20. The van der Waals surface area contributed by atoms with Crippen molar-refractivity contribution in [2.45, 2.75) is 11.9 Å². The second-order valence-corrected chi connectivity index (χ2v) is 1.92. The lowest BCUT2D eigenvalue weighted by atomic mass is 9.84. The molecule has 2 radical (unpaired) electrons. The van der Waals surface area contributed by atoms with E-state index in [4.69, 9.17) is 7.85 Å². The van der Waals surface area contributed by atoms with Gasteiger partial charge in [0.2, 0.25) is 5.91 Å². The number of hydrogen-bond acceptors (Lipinski definition) is 1. The molecule has 2 nitrogen and oxygen atoms in total. The van der Waals surface area contributed by atoms with Crippen molar-refractivity contribution in [2.24, 2.45) is 0 Å². The Bertz CT molecular complexity index is 145. The lowest BCUT2D eigenvalue weighted by molar-refractivity contribution is -0.111. The van der Waals surface area contributed by atoms with Crippen molar-refractivity contribution < 1.29 is 4.79 Å². The van der Waals surface area contributed by atoms with Crippen LogP contribution in [0.3, 0.4) is 0 Å². The molecule has 1 N–H and O–H groups in total. The quantitative estimate of drug-likeness (QED) is 0.290. The summed E-state index contributed by atoms with van der Waals surface area (Å²) in [6.45, 7) is 3.45. The van der Waals surface area contributed by atoms with E-state index < -0.39 is 5.44 Å². The Labute approximate surface area is 49.4 Å². The number of amides is 1. The van der Waals surface area contributed by atoms with Crippen LogP contribution in [0.5, 0.6) is 0 Å². The van der Waals surface area contributed by atoms with Gasteiger partial charge in [-0.25, -0.2) is 0 Å². The van der Waals surface area contributed by atoms with Gasteiger partial charge in [-0.2, -0.15) is 0 Å².